The average molecular weight is 296 g/mol. The van der Waals surface area contributed by atoms with Gasteiger partial charge in [-0.1, -0.05) is 6.92 Å². The van der Waals surface area contributed by atoms with Crippen LogP contribution in [0.15, 0.2) is 10.8 Å². The lowest BCUT2D eigenvalue weighted by Crippen LogP contribution is -2.50. The van der Waals surface area contributed by atoms with Crippen molar-refractivity contribution in [3.05, 3.63) is 17.8 Å². The first-order chi connectivity index (χ1) is 9.61. The van der Waals surface area contributed by atoms with Gasteiger partial charge in [0.15, 0.2) is 6.39 Å². The molecule has 1 amide bonds. The highest BCUT2D eigenvalue weighted by atomic mass is 32.2. The van der Waals surface area contributed by atoms with Gasteiger partial charge in [0.25, 0.3) is 5.91 Å². The molecule has 3 atom stereocenters. The highest BCUT2D eigenvalue weighted by molar-refractivity contribution is 7.86. The molecule has 1 aromatic heterocycles. The second kappa shape index (κ2) is 5.31. The van der Waals surface area contributed by atoms with Crippen LogP contribution in [-0.4, -0.2) is 43.6 Å². The molecule has 2 fully saturated rings. The lowest BCUT2D eigenvalue weighted by atomic mass is 10.2. The van der Waals surface area contributed by atoms with Crippen molar-refractivity contribution in [3.8, 4) is 0 Å². The molecule has 1 aliphatic heterocycles. The Morgan fingerprint density at radius 2 is 2.25 bits per heavy atom. The van der Waals surface area contributed by atoms with E-state index in [2.05, 4.69) is 4.98 Å². The minimum atomic E-state index is -0.849. The Balaban J connectivity index is 1.79. The van der Waals surface area contributed by atoms with Crippen LogP contribution in [0.3, 0.4) is 0 Å². The molecule has 110 valence electrons. The van der Waals surface area contributed by atoms with Gasteiger partial charge in [0.1, 0.15) is 0 Å². The van der Waals surface area contributed by atoms with Crippen molar-refractivity contribution in [2.45, 2.75) is 49.5 Å². The molecule has 1 aliphatic carbocycles. The van der Waals surface area contributed by atoms with Crippen LogP contribution in [0, 0.1) is 0 Å². The zero-order valence-electron chi connectivity index (χ0n) is 11.9. The van der Waals surface area contributed by atoms with Crippen molar-refractivity contribution < 1.29 is 13.4 Å². The van der Waals surface area contributed by atoms with Gasteiger partial charge >= 0.3 is 0 Å². The van der Waals surface area contributed by atoms with Gasteiger partial charge in [-0.05, 0) is 26.2 Å². The summed E-state index contributed by atoms with van der Waals surface area (Å²) in [5, 5.41) is 0.0833. The van der Waals surface area contributed by atoms with Gasteiger partial charge in [0.05, 0.1) is 10.9 Å². The molecule has 0 N–H and O–H groups in total. The Labute approximate surface area is 121 Å². The number of carbonyl (C=O) groups excluding carboxylic acids is 1. The van der Waals surface area contributed by atoms with Crippen LogP contribution in [0.25, 0.3) is 0 Å². The third-order valence-electron chi connectivity index (χ3n) is 4.12. The van der Waals surface area contributed by atoms with Crippen molar-refractivity contribution >= 4 is 16.7 Å². The smallest absolute Gasteiger partial charge is 0.291 e. The monoisotopic (exact) mass is 296 g/mol. The largest absolute Gasteiger partial charge is 0.438 e. The number of rotatable bonds is 3. The van der Waals surface area contributed by atoms with Crippen molar-refractivity contribution in [1.29, 1.82) is 0 Å². The van der Waals surface area contributed by atoms with Crippen molar-refractivity contribution in [2.24, 2.45) is 0 Å². The maximum atomic E-state index is 12.6. The van der Waals surface area contributed by atoms with E-state index in [1.54, 1.807) is 4.90 Å². The average Bonchev–Trinajstić information content (AvgIpc) is 3.18. The number of carbonyl (C=O) groups is 1. The van der Waals surface area contributed by atoms with E-state index in [1.165, 1.54) is 6.39 Å². The van der Waals surface area contributed by atoms with Crippen LogP contribution in [0.4, 0.5) is 0 Å². The minimum Gasteiger partial charge on any atom is -0.438 e. The van der Waals surface area contributed by atoms with E-state index < -0.39 is 10.8 Å². The lowest BCUT2D eigenvalue weighted by molar-refractivity contribution is 0.0715. The van der Waals surface area contributed by atoms with Gasteiger partial charge in [-0.2, -0.15) is 0 Å². The molecule has 1 saturated heterocycles. The molecule has 5 nitrogen and oxygen atoms in total. The SMILES string of the molecule is CCC1CN(C(=O)c2ocnc2C2CC2)CC(C)S1=O. The summed E-state index contributed by atoms with van der Waals surface area (Å²) in [7, 11) is -0.849. The van der Waals surface area contributed by atoms with Crippen LogP contribution in [-0.2, 0) is 10.8 Å². The molecule has 2 aliphatic rings. The number of hydrogen-bond donors (Lipinski definition) is 0. The van der Waals surface area contributed by atoms with Gasteiger partial charge in [-0.3, -0.25) is 9.00 Å². The second-order valence-corrected chi connectivity index (χ2v) is 7.85. The van der Waals surface area contributed by atoms with Gasteiger partial charge < -0.3 is 9.32 Å². The fourth-order valence-corrected chi connectivity index (χ4v) is 4.41. The summed E-state index contributed by atoms with van der Waals surface area (Å²) in [6, 6.07) is 0. The highest BCUT2D eigenvalue weighted by Gasteiger charge is 2.37. The van der Waals surface area contributed by atoms with E-state index in [4.69, 9.17) is 4.42 Å². The fourth-order valence-electron chi connectivity index (χ4n) is 2.77. The van der Waals surface area contributed by atoms with Crippen molar-refractivity contribution in [3.63, 3.8) is 0 Å². The molecule has 6 heteroatoms. The van der Waals surface area contributed by atoms with Gasteiger partial charge in [0, 0.05) is 35.1 Å². The summed E-state index contributed by atoms with van der Waals surface area (Å²) in [4.78, 5) is 18.6. The van der Waals surface area contributed by atoms with E-state index in [-0.39, 0.29) is 16.4 Å². The Morgan fingerprint density at radius 1 is 1.50 bits per heavy atom. The molecule has 1 aromatic rings. The predicted molar refractivity (Wildman–Crippen MR) is 76.1 cm³/mol. The maximum Gasteiger partial charge on any atom is 0.291 e. The topological polar surface area (TPSA) is 63.4 Å². The van der Waals surface area contributed by atoms with Gasteiger partial charge in [-0.25, -0.2) is 4.98 Å². The van der Waals surface area contributed by atoms with E-state index in [0.29, 0.717) is 24.8 Å². The third kappa shape index (κ3) is 2.41. The van der Waals surface area contributed by atoms with E-state index in [1.807, 2.05) is 13.8 Å². The molecule has 0 spiro atoms. The number of nitrogens with zero attached hydrogens (tertiary/aromatic N) is 2. The predicted octanol–water partition coefficient (Wildman–Crippen LogP) is 1.92. The third-order valence-corrected chi connectivity index (χ3v) is 6.20. The van der Waals surface area contributed by atoms with Crippen molar-refractivity contribution in [1.82, 2.24) is 9.88 Å². The molecule has 3 unspecified atom stereocenters. The first-order valence-electron chi connectivity index (χ1n) is 7.23. The summed E-state index contributed by atoms with van der Waals surface area (Å²) >= 11 is 0. The highest BCUT2D eigenvalue weighted by Crippen LogP contribution is 2.41. The molecule has 0 aromatic carbocycles. The van der Waals surface area contributed by atoms with E-state index in [9.17, 15) is 9.00 Å². The molecule has 20 heavy (non-hydrogen) atoms. The normalized spacial score (nSPS) is 30.5. The van der Waals surface area contributed by atoms with Crippen LogP contribution in [0.5, 0.6) is 0 Å². The number of aromatic nitrogens is 1. The zero-order valence-corrected chi connectivity index (χ0v) is 12.7. The Hall–Kier alpha value is -1.17. The number of oxazole rings is 1. The summed E-state index contributed by atoms with van der Waals surface area (Å²) in [5.41, 5.74) is 0.808. The standard InChI is InChI=1S/C14H20N2O3S/c1-3-11-7-16(6-9(2)20(11)18)14(17)13-12(10-4-5-10)15-8-19-13/h8-11H,3-7H2,1-2H3. The molecule has 3 rings (SSSR count). The Morgan fingerprint density at radius 3 is 2.90 bits per heavy atom. The van der Waals surface area contributed by atoms with Gasteiger partial charge in [0.2, 0.25) is 5.76 Å². The van der Waals surface area contributed by atoms with Crippen LogP contribution >= 0.6 is 0 Å². The first kappa shape index (κ1) is 13.8. The molecular formula is C14H20N2O3S. The van der Waals surface area contributed by atoms with E-state index in [0.717, 1.165) is 25.0 Å². The molecule has 2 heterocycles. The quantitative estimate of drug-likeness (QED) is 0.855. The maximum absolute atomic E-state index is 12.6. The minimum absolute atomic E-state index is 0.0185. The fraction of sp³-hybridized carbons (Fsp3) is 0.714. The summed E-state index contributed by atoms with van der Waals surface area (Å²) in [6.45, 7) is 5.05. The van der Waals surface area contributed by atoms with E-state index >= 15 is 0 Å². The molecule has 0 bridgehead atoms. The second-order valence-electron chi connectivity index (χ2n) is 5.72. The molecule has 1 saturated carbocycles. The zero-order chi connectivity index (χ0) is 14.3. The number of amides is 1. The lowest BCUT2D eigenvalue weighted by Gasteiger charge is -2.35. The number of hydrogen-bond acceptors (Lipinski definition) is 4. The summed E-state index contributed by atoms with van der Waals surface area (Å²) < 4.78 is 17.5. The summed E-state index contributed by atoms with van der Waals surface area (Å²) in [6.07, 6.45) is 4.37. The Kier molecular flexibility index (Phi) is 3.67. The molecular weight excluding hydrogens is 276 g/mol. The van der Waals surface area contributed by atoms with Crippen LogP contribution in [0.1, 0.15) is 55.3 Å². The Bertz CT molecular complexity index is 538. The summed E-state index contributed by atoms with van der Waals surface area (Å²) in [5.74, 6) is 0.694. The molecule has 0 radical (unpaired) electrons. The van der Waals surface area contributed by atoms with Crippen LogP contribution in [0.2, 0.25) is 0 Å². The van der Waals surface area contributed by atoms with Gasteiger partial charge in [-0.15, -0.1) is 0 Å². The van der Waals surface area contributed by atoms with Crippen LogP contribution < -0.4 is 0 Å². The first-order valence-corrected chi connectivity index (χ1v) is 8.51. The van der Waals surface area contributed by atoms with Crippen molar-refractivity contribution in [2.75, 3.05) is 13.1 Å².